The summed E-state index contributed by atoms with van der Waals surface area (Å²) in [6, 6.07) is 2.32. The summed E-state index contributed by atoms with van der Waals surface area (Å²) in [5.41, 5.74) is 6.66. The van der Waals surface area contributed by atoms with Gasteiger partial charge in [0.25, 0.3) is 5.91 Å². The first-order valence-electron chi connectivity index (χ1n) is 6.86. The number of nitrogens with zero attached hydrogens (tertiary/aromatic N) is 2. The van der Waals surface area contributed by atoms with Crippen LogP contribution in [-0.2, 0) is 0 Å². The average Bonchev–Trinajstić information content (AvgIpc) is 2.93. The van der Waals surface area contributed by atoms with Crippen molar-refractivity contribution in [2.24, 2.45) is 0 Å². The van der Waals surface area contributed by atoms with Crippen molar-refractivity contribution in [3.63, 3.8) is 0 Å². The van der Waals surface area contributed by atoms with Crippen LogP contribution in [0, 0.1) is 0 Å². The van der Waals surface area contributed by atoms with Crippen molar-refractivity contribution in [2.75, 3.05) is 25.9 Å². The van der Waals surface area contributed by atoms with Crippen molar-refractivity contribution in [2.45, 2.75) is 31.7 Å². The van der Waals surface area contributed by atoms with Gasteiger partial charge in [0.2, 0.25) is 0 Å². The Morgan fingerprint density at radius 1 is 1.43 bits per heavy atom. The van der Waals surface area contributed by atoms with Crippen LogP contribution in [0.1, 0.15) is 36.0 Å². The average molecular weight is 335 g/mol. The van der Waals surface area contributed by atoms with Gasteiger partial charge in [-0.3, -0.25) is 9.78 Å². The molecule has 0 aliphatic heterocycles. The van der Waals surface area contributed by atoms with E-state index in [2.05, 4.69) is 22.2 Å². The van der Waals surface area contributed by atoms with Crippen LogP contribution >= 0.6 is 24.8 Å². The van der Waals surface area contributed by atoms with Gasteiger partial charge in [0, 0.05) is 37.2 Å². The third-order valence-electron chi connectivity index (χ3n) is 3.80. The molecule has 5 nitrogen and oxygen atoms in total. The number of rotatable bonds is 5. The summed E-state index contributed by atoms with van der Waals surface area (Å²) >= 11 is 0. The number of nitrogens with one attached hydrogen (secondary N) is 1. The topological polar surface area (TPSA) is 71.2 Å². The molecule has 1 saturated carbocycles. The molecule has 21 heavy (non-hydrogen) atoms. The van der Waals surface area contributed by atoms with E-state index in [1.807, 2.05) is 0 Å². The van der Waals surface area contributed by atoms with Gasteiger partial charge in [-0.1, -0.05) is 12.8 Å². The highest BCUT2D eigenvalue weighted by molar-refractivity contribution is 5.98. The van der Waals surface area contributed by atoms with Gasteiger partial charge in [-0.25, -0.2) is 0 Å². The fourth-order valence-corrected chi connectivity index (χ4v) is 2.56. The van der Waals surface area contributed by atoms with Crippen molar-refractivity contribution in [3.05, 3.63) is 24.0 Å². The third kappa shape index (κ3) is 5.69. The van der Waals surface area contributed by atoms with E-state index >= 15 is 0 Å². The summed E-state index contributed by atoms with van der Waals surface area (Å²) in [7, 11) is 2.13. The zero-order valence-electron chi connectivity index (χ0n) is 12.2. The summed E-state index contributed by atoms with van der Waals surface area (Å²) in [6.07, 6.45) is 8.30. The van der Waals surface area contributed by atoms with Crippen molar-refractivity contribution in [3.8, 4) is 0 Å². The zero-order chi connectivity index (χ0) is 13.7. The van der Waals surface area contributed by atoms with Crippen LogP contribution in [0.3, 0.4) is 0 Å². The van der Waals surface area contributed by atoms with Gasteiger partial charge in [-0.05, 0) is 26.0 Å². The van der Waals surface area contributed by atoms with Crippen LogP contribution in [0.15, 0.2) is 18.5 Å². The number of amides is 1. The zero-order valence-corrected chi connectivity index (χ0v) is 13.9. The number of aromatic nitrogens is 1. The fourth-order valence-electron chi connectivity index (χ4n) is 2.56. The van der Waals surface area contributed by atoms with E-state index < -0.39 is 0 Å². The maximum Gasteiger partial charge on any atom is 0.254 e. The molecule has 1 aromatic heterocycles. The Labute approximate surface area is 138 Å². The lowest BCUT2D eigenvalue weighted by molar-refractivity contribution is 0.0947. The van der Waals surface area contributed by atoms with E-state index in [1.54, 1.807) is 12.3 Å². The highest BCUT2D eigenvalue weighted by Gasteiger charge is 2.19. The van der Waals surface area contributed by atoms with Crippen molar-refractivity contribution >= 4 is 36.4 Å². The van der Waals surface area contributed by atoms with E-state index in [0.717, 1.165) is 6.54 Å². The van der Waals surface area contributed by atoms with E-state index in [-0.39, 0.29) is 30.7 Å². The second-order valence-electron chi connectivity index (χ2n) is 5.14. The Bertz CT molecular complexity index is 439. The Kier molecular flexibility index (Phi) is 9.33. The van der Waals surface area contributed by atoms with Gasteiger partial charge >= 0.3 is 0 Å². The molecule has 7 heteroatoms. The SMILES string of the molecule is CN(CCNC(=O)c1cnccc1N)C1CCCC1.Cl.Cl. The molecular formula is C14H24Cl2N4O. The predicted molar refractivity (Wildman–Crippen MR) is 90.4 cm³/mol. The number of pyridine rings is 1. The summed E-state index contributed by atoms with van der Waals surface area (Å²) in [6.45, 7) is 1.51. The summed E-state index contributed by atoms with van der Waals surface area (Å²) in [5.74, 6) is -0.148. The van der Waals surface area contributed by atoms with Crippen molar-refractivity contribution in [1.29, 1.82) is 0 Å². The number of carbonyl (C=O) groups is 1. The summed E-state index contributed by atoms with van der Waals surface area (Å²) < 4.78 is 0. The molecule has 1 aliphatic carbocycles. The van der Waals surface area contributed by atoms with Crippen LogP contribution in [0.5, 0.6) is 0 Å². The van der Waals surface area contributed by atoms with Gasteiger partial charge in [0.15, 0.2) is 0 Å². The molecule has 0 aromatic carbocycles. The monoisotopic (exact) mass is 334 g/mol. The lowest BCUT2D eigenvalue weighted by atomic mass is 10.2. The standard InChI is InChI=1S/C14H22N4O.2ClH/c1-18(11-4-2-3-5-11)9-8-17-14(19)12-10-16-7-6-13(12)15;;/h6-7,10-11H,2-5,8-9H2,1H3,(H2,15,16)(H,17,19);2*1H. The van der Waals surface area contributed by atoms with E-state index in [4.69, 9.17) is 5.73 Å². The van der Waals surface area contributed by atoms with Crippen LogP contribution in [-0.4, -0.2) is 42.0 Å². The lowest BCUT2D eigenvalue weighted by Crippen LogP contribution is -2.37. The molecule has 1 heterocycles. The Morgan fingerprint density at radius 2 is 2.10 bits per heavy atom. The van der Waals surface area contributed by atoms with Gasteiger partial charge in [-0.2, -0.15) is 0 Å². The van der Waals surface area contributed by atoms with Gasteiger partial charge < -0.3 is 16.0 Å². The number of nitrogen functional groups attached to an aromatic ring is 1. The smallest absolute Gasteiger partial charge is 0.254 e. The number of carbonyl (C=O) groups excluding carboxylic acids is 1. The highest BCUT2D eigenvalue weighted by Crippen LogP contribution is 2.21. The molecule has 0 unspecified atom stereocenters. The third-order valence-corrected chi connectivity index (χ3v) is 3.80. The summed E-state index contributed by atoms with van der Waals surface area (Å²) in [5, 5.41) is 2.89. The minimum absolute atomic E-state index is 0. The molecule has 1 amide bonds. The molecule has 1 aromatic rings. The van der Waals surface area contributed by atoms with E-state index in [9.17, 15) is 4.79 Å². The number of anilines is 1. The Hall–Kier alpha value is -1.04. The first kappa shape index (κ1) is 20.0. The molecule has 0 bridgehead atoms. The highest BCUT2D eigenvalue weighted by atomic mass is 35.5. The Morgan fingerprint density at radius 3 is 2.71 bits per heavy atom. The second kappa shape index (κ2) is 9.82. The van der Waals surface area contributed by atoms with Crippen molar-refractivity contribution < 1.29 is 4.79 Å². The maximum absolute atomic E-state index is 11.9. The summed E-state index contributed by atoms with van der Waals surface area (Å²) in [4.78, 5) is 18.2. The Balaban J connectivity index is 0.00000200. The molecule has 0 saturated heterocycles. The molecule has 1 aliphatic rings. The van der Waals surface area contributed by atoms with Crippen LogP contribution < -0.4 is 11.1 Å². The molecule has 0 spiro atoms. The molecule has 2 rings (SSSR count). The number of nitrogens with two attached hydrogens (primary N) is 1. The quantitative estimate of drug-likeness (QED) is 0.865. The number of likely N-dealkylation sites (N-methyl/N-ethyl adjacent to an activating group) is 1. The van der Waals surface area contributed by atoms with Crippen LogP contribution in [0.2, 0.25) is 0 Å². The van der Waals surface area contributed by atoms with Gasteiger partial charge in [-0.15, -0.1) is 24.8 Å². The number of hydrogen-bond acceptors (Lipinski definition) is 4. The predicted octanol–water partition coefficient (Wildman–Crippen LogP) is 2.11. The first-order chi connectivity index (χ1) is 9.18. The fraction of sp³-hybridized carbons (Fsp3) is 0.571. The van der Waals surface area contributed by atoms with Crippen LogP contribution in [0.25, 0.3) is 0 Å². The minimum Gasteiger partial charge on any atom is -0.398 e. The second-order valence-corrected chi connectivity index (χ2v) is 5.14. The van der Waals surface area contributed by atoms with E-state index in [1.165, 1.54) is 31.9 Å². The normalized spacial score (nSPS) is 14.4. The first-order valence-corrected chi connectivity index (χ1v) is 6.86. The molecule has 0 atom stereocenters. The largest absolute Gasteiger partial charge is 0.398 e. The minimum atomic E-state index is -0.148. The molecule has 3 N–H and O–H groups in total. The number of halogens is 2. The lowest BCUT2D eigenvalue weighted by Gasteiger charge is -2.23. The van der Waals surface area contributed by atoms with E-state index in [0.29, 0.717) is 23.8 Å². The van der Waals surface area contributed by atoms with Gasteiger partial charge in [0.1, 0.15) is 0 Å². The van der Waals surface area contributed by atoms with Gasteiger partial charge in [0.05, 0.1) is 5.56 Å². The number of hydrogen-bond donors (Lipinski definition) is 2. The molecule has 1 fully saturated rings. The molecule has 0 radical (unpaired) electrons. The maximum atomic E-state index is 11.9. The molecular weight excluding hydrogens is 311 g/mol. The molecule has 120 valence electrons. The van der Waals surface area contributed by atoms with Crippen molar-refractivity contribution in [1.82, 2.24) is 15.2 Å². The van der Waals surface area contributed by atoms with Crippen LogP contribution in [0.4, 0.5) is 5.69 Å².